The summed E-state index contributed by atoms with van der Waals surface area (Å²) in [7, 11) is -3.87. The molecule has 3 rings (SSSR count). The Morgan fingerprint density at radius 1 is 1.23 bits per heavy atom. The Labute approximate surface area is 180 Å². The monoisotopic (exact) mass is 474 g/mol. The van der Waals surface area contributed by atoms with Crippen LogP contribution in [0, 0.1) is 0 Å². The van der Waals surface area contributed by atoms with Gasteiger partial charge in [0.2, 0.25) is 11.8 Å². The van der Waals surface area contributed by atoms with Crippen molar-refractivity contribution in [2.75, 3.05) is 16.4 Å². The van der Waals surface area contributed by atoms with Crippen LogP contribution in [0.4, 0.5) is 24.5 Å². The minimum absolute atomic E-state index is 0.0250. The van der Waals surface area contributed by atoms with Crippen LogP contribution in [0.3, 0.4) is 0 Å². The van der Waals surface area contributed by atoms with Gasteiger partial charge >= 0.3 is 6.36 Å². The summed E-state index contributed by atoms with van der Waals surface area (Å²) in [5.41, 5.74) is 0.595. The van der Waals surface area contributed by atoms with Crippen LogP contribution in [-0.2, 0) is 19.4 Å². The number of carbonyl (C=O) groups excluding carboxylic acids is 2. The maximum absolute atomic E-state index is 12.8. The van der Waals surface area contributed by atoms with Crippen LogP contribution in [0.1, 0.15) is 13.3 Å². The Bertz CT molecular complexity index is 1100. The minimum Gasteiger partial charge on any atom is -0.406 e. The van der Waals surface area contributed by atoms with Crippen LogP contribution >= 0.6 is 11.8 Å². The average molecular weight is 474 g/mol. The predicted octanol–water partition coefficient (Wildman–Crippen LogP) is 3.82. The van der Waals surface area contributed by atoms with Gasteiger partial charge in [0.1, 0.15) is 5.75 Å². The summed E-state index contributed by atoms with van der Waals surface area (Å²) in [5, 5.41) is 3.98. The van der Waals surface area contributed by atoms with Crippen molar-refractivity contribution in [1.82, 2.24) is 0 Å². The van der Waals surface area contributed by atoms with Crippen LogP contribution < -0.4 is 15.4 Å². The highest BCUT2D eigenvalue weighted by molar-refractivity contribution is 8.00. The zero-order valence-electron chi connectivity index (χ0n) is 16.0. The quantitative estimate of drug-likeness (QED) is 0.660. The van der Waals surface area contributed by atoms with Crippen LogP contribution in [0.15, 0.2) is 52.3 Å². The lowest BCUT2D eigenvalue weighted by molar-refractivity contribution is -0.274. The molecule has 166 valence electrons. The molecule has 0 saturated carbocycles. The van der Waals surface area contributed by atoms with Crippen molar-refractivity contribution in [3.63, 3.8) is 0 Å². The smallest absolute Gasteiger partial charge is 0.406 e. The number of fused-ring (bicyclic) bond motifs is 1. The van der Waals surface area contributed by atoms with Gasteiger partial charge in [0.25, 0.3) is 0 Å². The zero-order valence-corrected chi connectivity index (χ0v) is 17.7. The number of halogens is 3. The molecule has 0 aromatic heterocycles. The van der Waals surface area contributed by atoms with E-state index in [2.05, 4.69) is 15.4 Å². The van der Waals surface area contributed by atoms with E-state index in [0.717, 1.165) is 17.0 Å². The first-order chi connectivity index (χ1) is 14.4. The second-order valence-electron chi connectivity index (χ2n) is 6.67. The fourth-order valence-corrected chi connectivity index (χ4v) is 4.96. The first-order valence-corrected chi connectivity index (χ1v) is 11.4. The molecule has 0 aliphatic carbocycles. The van der Waals surface area contributed by atoms with Crippen molar-refractivity contribution in [3.8, 4) is 5.75 Å². The lowest BCUT2D eigenvalue weighted by Gasteiger charge is -2.18. The van der Waals surface area contributed by atoms with Crippen molar-refractivity contribution in [2.24, 2.45) is 0 Å². The number of sulfone groups is 1. The summed E-state index contributed by atoms with van der Waals surface area (Å²) in [6.45, 7) is 1.38. The number of amides is 2. The summed E-state index contributed by atoms with van der Waals surface area (Å²) < 4.78 is 66.0. The number of alkyl halides is 3. The molecule has 0 radical (unpaired) electrons. The summed E-state index contributed by atoms with van der Waals surface area (Å²) in [4.78, 5) is 24.5. The lowest BCUT2D eigenvalue weighted by atomic mass is 10.2. The predicted molar refractivity (Wildman–Crippen MR) is 109 cm³/mol. The third-order valence-electron chi connectivity index (χ3n) is 4.29. The van der Waals surface area contributed by atoms with E-state index >= 15 is 0 Å². The number of nitrogens with one attached hydrogen (secondary N) is 2. The van der Waals surface area contributed by atoms with Gasteiger partial charge in [-0.1, -0.05) is 0 Å². The molecule has 2 aromatic rings. The molecule has 2 aromatic carbocycles. The van der Waals surface area contributed by atoms with Crippen LogP contribution in [0.2, 0.25) is 0 Å². The Kier molecular flexibility index (Phi) is 6.51. The average Bonchev–Trinajstić information content (AvgIpc) is 2.67. The fraction of sp³-hybridized carbons (Fsp3) is 0.263. The van der Waals surface area contributed by atoms with Gasteiger partial charge < -0.3 is 15.4 Å². The highest BCUT2D eigenvalue weighted by Crippen LogP contribution is 2.34. The Balaban J connectivity index is 1.65. The normalized spacial score (nSPS) is 14.9. The number of rotatable bonds is 6. The molecular formula is C19H17F3N2O5S2. The van der Waals surface area contributed by atoms with Crippen molar-refractivity contribution < 1.29 is 35.9 Å². The minimum atomic E-state index is -4.83. The first kappa shape index (κ1) is 22.9. The molecule has 0 fully saturated rings. The highest BCUT2D eigenvalue weighted by Gasteiger charge is 2.31. The number of carbonyl (C=O) groups is 2. The number of hydrogen-bond acceptors (Lipinski definition) is 6. The van der Waals surface area contributed by atoms with Crippen molar-refractivity contribution in [1.29, 1.82) is 0 Å². The van der Waals surface area contributed by atoms with Gasteiger partial charge in [-0.2, -0.15) is 0 Å². The molecule has 1 aliphatic rings. The Morgan fingerprint density at radius 2 is 1.90 bits per heavy atom. The van der Waals surface area contributed by atoms with Gasteiger partial charge in [0.05, 0.1) is 21.6 Å². The number of thioether (sulfide) groups is 1. The van der Waals surface area contributed by atoms with E-state index in [9.17, 15) is 31.2 Å². The Morgan fingerprint density at radius 3 is 2.55 bits per heavy atom. The molecule has 2 N–H and O–H groups in total. The van der Waals surface area contributed by atoms with Crippen molar-refractivity contribution in [3.05, 3.63) is 42.5 Å². The third kappa shape index (κ3) is 5.91. The zero-order chi connectivity index (χ0) is 22.8. The van der Waals surface area contributed by atoms with E-state index in [1.807, 2.05) is 0 Å². The second-order valence-corrected chi connectivity index (χ2v) is 10.1. The molecule has 1 aliphatic heterocycles. The molecule has 1 unspecified atom stereocenters. The molecule has 2 amide bonds. The van der Waals surface area contributed by atoms with Gasteiger partial charge in [-0.25, -0.2) is 8.42 Å². The molecule has 7 nitrogen and oxygen atoms in total. The number of benzene rings is 2. The maximum Gasteiger partial charge on any atom is 0.573 e. The summed E-state index contributed by atoms with van der Waals surface area (Å²) in [6.07, 6.45) is -5.20. The second kappa shape index (κ2) is 8.79. The highest BCUT2D eigenvalue weighted by atomic mass is 32.2. The molecule has 0 spiro atoms. The van der Waals surface area contributed by atoms with E-state index in [1.54, 1.807) is 6.07 Å². The molecular weight excluding hydrogens is 457 g/mol. The van der Waals surface area contributed by atoms with Gasteiger partial charge in [0.15, 0.2) is 9.84 Å². The number of anilines is 2. The van der Waals surface area contributed by atoms with Crippen molar-refractivity contribution in [2.45, 2.75) is 34.7 Å². The van der Waals surface area contributed by atoms with E-state index in [4.69, 9.17) is 0 Å². The van der Waals surface area contributed by atoms with Gasteiger partial charge in [0, 0.05) is 17.0 Å². The summed E-state index contributed by atoms with van der Waals surface area (Å²) in [6, 6.07) is 8.87. The van der Waals surface area contributed by atoms with E-state index in [-0.39, 0.29) is 28.7 Å². The number of ether oxygens (including phenoxy) is 1. The standard InChI is InChI=1S/C19H17F3N2O5S2/c1-11(8-17(25)23-12-2-4-13(5-3-12)29-19(20,21)22)31(27,28)14-6-7-16-15(9-14)24-18(26)10-30-16/h2-7,9,11H,8,10H2,1H3,(H,23,25)(H,24,26). The number of hydrogen-bond donors (Lipinski definition) is 2. The molecule has 1 heterocycles. The first-order valence-electron chi connectivity index (χ1n) is 8.90. The third-order valence-corrected chi connectivity index (χ3v) is 7.50. The van der Waals surface area contributed by atoms with Gasteiger partial charge in [-0.05, 0) is 49.4 Å². The Hall–Kier alpha value is -2.73. The fourth-order valence-electron chi connectivity index (χ4n) is 2.79. The lowest BCUT2D eigenvalue weighted by Crippen LogP contribution is -2.25. The van der Waals surface area contributed by atoms with Crippen molar-refractivity contribution >= 4 is 44.8 Å². The van der Waals surface area contributed by atoms with E-state index in [1.165, 1.54) is 43.0 Å². The maximum atomic E-state index is 12.8. The SMILES string of the molecule is CC(CC(=O)Nc1ccc(OC(F)(F)F)cc1)S(=O)(=O)c1ccc2c(c1)NC(=O)CS2. The van der Waals surface area contributed by atoms with Crippen LogP contribution in [0.25, 0.3) is 0 Å². The molecule has 0 saturated heterocycles. The summed E-state index contributed by atoms with van der Waals surface area (Å²) in [5.74, 6) is -1.05. The van der Waals surface area contributed by atoms with Crippen LogP contribution in [0.5, 0.6) is 5.75 Å². The van der Waals surface area contributed by atoms with Crippen LogP contribution in [-0.4, -0.2) is 37.6 Å². The molecule has 0 bridgehead atoms. The molecule has 12 heteroatoms. The largest absolute Gasteiger partial charge is 0.573 e. The van der Waals surface area contributed by atoms with E-state index < -0.39 is 33.1 Å². The molecule has 31 heavy (non-hydrogen) atoms. The molecule has 1 atom stereocenters. The summed E-state index contributed by atoms with van der Waals surface area (Å²) >= 11 is 1.30. The van der Waals surface area contributed by atoms with E-state index in [0.29, 0.717) is 5.69 Å². The van der Waals surface area contributed by atoms with Gasteiger partial charge in [-0.15, -0.1) is 24.9 Å². The topological polar surface area (TPSA) is 102 Å². The van der Waals surface area contributed by atoms with Gasteiger partial charge in [-0.3, -0.25) is 9.59 Å².